The zero-order valence-electron chi connectivity index (χ0n) is 10.1. The Morgan fingerprint density at radius 3 is 2.35 bits per heavy atom. The molecule has 0 heterocycles. The van der Waals surface area contributed by atoms with Gasteiger partial charge >= 0.3 is 0 Å². The first-order chi connectivity index (χ1) is 9.36. The molecule has 0 atom stereocenters. The van der Waals surface area contributed by atoms with E-state index in [1.54, 1.807) is 0 Å². The highest BCUT2D eigenvalue weighted by Gasteiger charge is 2.16. The summed E-state index contributed by atoms with van der Waals surface area (Å²) < 4.78 is 0. The van der Waals surface area contributed by atoms with Crippen LogP contribution in [0, 0.1) is 0 Å². The maximum Gasteiger partial charge on any atom is 0.248 e. The predicted octanol–water partition coefficient (Wildman–Crippen LogP) is 1.31. The van der Waals surface area contributed by atoms with Crippen LogP contribution >= 0.6 is 15.9 Å². The van der Waals surface area contributed by atoms with Gasteiger partial charge < -0.3 is 21.1 Å². The maximum atomic E-state index is 12.0. The molecule has 0 saturated heterocycles. The van der Waals surface area contributed by atoms with Crippen molar-refractivity contribution in [3.8, 4) is 17.2 Å². The van der Waals surface area contributed by atoms with Crippen molar-refractivity contribution in [1.82, 2.24) is 0 Å². The summed E-state index contributed by atoms with van der Waals surface area (Å²) in [6.45, 7) is 0. The Morgan fingerprint density at radius 2 is 1.80 bits per heavy atom. The third-order valence-corrected chi connectivity index (χ3v) is 3.48. The molecule has 7 heteroatoms. The first kappa shape index (κ1) is 14.1. The van der Waals surface area contributed by atoms with E-state index in [1.165, 1.54) is 12.1 Å². The Bertz CT molecular complexity index is 788. The number of rotatable bonds is 2. The zero-order chi connectivity index (χ0) is 15.0. The lowest BCUT2D eigenvalue weighted by Gasteiger charge is -2.05. The van der Waals surface area contributed by atoms with Crippen molar-refractivity contribution in [3.05, 3.63) is 39.5 Å². The highest BCUT2D eigenvalue weighted by molar-refractivity contribution is 9.08. The molecule has 0 saturated carbocycles. The molecule has 0 radical (unpaired) electrons. The highest BCUT2D eigenvalue weighted by atomic mass is 79.9. The standard InChI is InChI=1S/C13H10BrNO5/c14-4-7-2-5-1-6(13(15)20)3-8(16)11(18)9(5)12(19)10(7)17/h1-3,17,19H,4H2,(H2,15,20)(H,16,18). The molecule has 0 spiro atoms. The number of hydrogen-bond acceptors (Lipinski definition) is 5. The van der Waals surface area contributed by atoms with Crippen molar-refractivity contribution in [3.63, 3.8) is 0 Å². The van der Waals surface area contributed by atoms with Gasteiger partial charge in [-0.1, -0.05) is 15.9 Å². The third kappa shape index (κ3) is 2.16. The second-order valence-corrected chi connectivity index (χ2v) is 4.71. The number of aromatic hydroxyl groups is 3. The van der Waals surface area contributed by atoms with Crippen molar-refractivity contribution in [1.29, 1.82) is 0 Å². The Balaban J connectivity index is 3.09. The van der Waals surface area contributed by atoms with Crippen molar-refractivity contribution < 1.29 is 20.1 Å². The largest absolute Gasteiger partial charge is 0.504 e. The van der Waals surface area contributed by atoms with Crippen molar-refractivity contribution in [2.45, 2.75) is 5.33 Å². The first-order valence-corrected chi connectivity index (χ1v) is 6.59. The van der Waals surface area contributed by atoms with Gasteiger partial charge in [0.2, 0.25) is 11.3 Å². The number of phenols is 2. The van der Waals surface area contributed by atoms with E-state index in [-0.39, 0.29) is 21.7 Å². The summed E-state index contributed by atoms with van der Waals surface area (Å²) in [5.41, 5.74) is 4.49. The monoisotopic (exact) mass is 339 g/mol. The predicted molar refractivity (Wildman–Crippen MR) is 76.4 cm³/mol. The third-order valence-electron chi connectivity index (χ3n) is 2.88. The molecule has 2 rings (SSSR count). The molecular formula is C13H10BrNO5. The molecule has 0 bridgehead atoms. The average Bonchev–Trinajstić information content (AvgIpc) is 2.52. The normalized spacial score (nSPS) is 10.7. The minimum atomic E-state index is -0.901. The molecule has 0 aliphatic carbocycles. The molecule has 0 aliphatic heterocycles. The summed E-state index contributed by atoms with van der Waals surface area (Å²) in [7, 11) is 0. The number of primary amides is 1. The summed E-state index contributed by atoms with van der Waals surface area (Å²) in [4.78, 5) is 23.2. The van der Waals surface area contributed by atoms with E-state index in [2.05, 4.69) is 15.9 Å². The van der Waals surface area contributed by atoms with Crippen LogP contribution in [0.3, 0.4) is 0 Å². The maximum absolute atomic E-state index is 12.0. The van der Waals surface area contributed by atoms with Gasteiger partial charge in [-0.25, -0.2) is 0 Å². The molecule has 2 aromatic carbocycles. The van der Waals surface area contributed by atoms with Crippen LogP contribution in [0.15, 0.2) is 23.0 Å². The first-order valence-electron chi connectivity index (χ1n) is 5.47. The minimum absolute atomic E-state index is 0.0831. The molecule has 0 aliphatic rings. The number of hydrogen-bond donors (Lipinski definition) is 4. The van der Waals surface area contributed by atoms with Crippen LogP contribution in [0.25, 0.3) is 10.8 Å². The number of phenolic OH excluding ortho intramolecular Hbond substituents is 2. The lowest BCUT2D eigenvalue weighted by atomic mass is 10.1. The molecule has 0 aromatic heterocycles. The minimum Gasteiger partial charge on any atom is -0.504 e. The number of alkyl halides is 1. The van der Waals surface area contributed by atoms with E-state index in [9.17, 15) is 24.9 Å². The number of amides is 1. The summed E-state index contributed by atoms with van der Waals surface area (Å²) in [5.74, 6) is -2.68. The van der Waals surface area contributed by atoms with Crippen molar-refractivity contribution >= 4 is 32.6 Å². The van der Waals surface area contributed by atoms with Crippen molar-refractivity contribution in [2.24, 2.45) is 5.73 Å². The van der Waals surface area contributed by atoms with E-state index >= 15 is 0 Å². The molecule has 104 valence electrons. The lowest BCUT2D eigenvalue weighted by Crippen LogP contribution is -2.09. The highest BCUT2D eigenvalue weighted by Crippen LogP contribution is 2.37. The second kappa shape index (κ2) is 5.01. The lowest BCUT2D eigenvalue weighted by molar-refractivity contribution is 0.1000. The molecular weight excluding hydrogens is 330 g/mol. The zero-order valence-corrected chi connectivity index (χ0v) is 11.6. The van der Waals surface area contributed by atoms with Crippen LogP contribution in [-0.2, 0) is 5.33 Å². The molecule has 20 heavy (non-hydrogen) atoms. The van der Waals surface area contributed by atoms with Gasteiger partial charge in [0.05, 0.1) is 5.39 Å². The van der Waals surface area contributed by atoms with E-state index in [1.807, 2.05) is 0 Å². The summed E-state index contributed by atoms with van der Waals surface area (Å²) in [6, 6.07) is 3.62. The van der Waals surface area contributed by atoms with Gasteiger partial charge in [-0.15, -0.1) is 0 Å². The van der Waals surface area contributed by atoms with E-state index in [4.69, 9.17) is 5.73 Å². The van der Waals surface area contributed by atoms with Gasteiger partial charge in [-0.3, -0.25) is 9.59 Å². The molecule has 2 aromatic rings. The fourth-order valence-corrected chi connectivity index (χ4v) is 2.31. The van der Waals surface area contributed by atoms with Gasteiger partial charge in [0, 0.05) is 16.5 Å². The Hall–Kier alpha value is -2.28. The molecule has 1 amide bonds. The van der Waals surface area contributed by atoms with Crippen LogP contribution < -0.4 is 11.2 Å². The van der Waals surface area contributed by atoms with Crippen LogP contribution in [0.1, 0.15) is 15.9 Å². The number of fused-ring (bicyclic) bond motifs is 1. The Kier molecular flexibility index (Phi) is 3.54. The number of halogens is 1. The Labute approximate surface area is 121 Å². The number of nitrogens with two attached hydrogens (primary N) is 1. The van der Waals surface area contributed by atoms with Crippen LogP contribution in [0.2, 0.25) is 0 Å². The summed E-state index contributed by atoms with van der Waals surface area (Å²) in [5, 5.41) is 29.5. The van der Waals surface area contributed by atoms with E-state index < -0.39 is 28.6 Å². The van der Waals surface area contributed by atoms with Gasteiger partial charge in [0.25, 0.3) is 0 Å². The number of carbonyl (C=O) groups excluding carboxylic acids is 1. The fourth-order valence-electron chi connectivity index (χ4n) is 1.88. The van der Waals surface area contributed by atoms with Crippen LogP contribution in [-0.4, -0.2) is 21.2 Å². The smallest absolute Gasteiger partial charge is 0.248 e. The van der Waals surface area contributed by atoms with Gasteiger partial charge in [-0.05, 0) is 23.6 Å². The summed E-state index contributed by atoms with van der Waals surface area (Å²) >= 11 is 3.13. The van der Waals surface area contributed by atoms with Gasteiger partial charge in [0.1, 0.15) is 0 Å². The SMILES string of the molecule is NC(=O)c1cc(O)c(=O)c2c(O)c(O)c(CBr)cc2c1. The topological polar surface area (TPSA) is 121 Å². The summed E-state index contributed by atoms with van der Waals surface area (Å²) in [6.07, 6.45) is 0. The van der Waals surface area contributed by atoms with Crippen molar-refractivity contribution in [2.75, 3.05) is 0 Å². The average molecular weight is 340 g/mol. The fraction of sp³-hybridized carbons (Fsp3) is 0.0769. The quantitative estimate of drug-likeness (QED) is 0.485. The second-order valence-electron chi connectivity index (χ2n) is 4.15. The number of carbonyl (C=O) groups is 1. The van der Waals surface area contributed by atoms with Crippen LogP contribution in [0.5, 0.6) is 17.2 Å². The van der Waals surface area contributed by atoms with Crippen LogP contribution in [0.4, 0.5) is 0 Å². The van der Waals surface area contributed by atoms with Gasteiger partial charge in [0.15, 0.2) is 17.2 Å². The molecule has 0 unspecified atom stereocenters. The molecule has 5 N–H and O–H groups in total. The number of benzene rings is 1. The molecule has 6 nitrogen and oxygen atoms in total. The molecule has 0 fully saturated rings. The van der Waals surface area contributed by atoms with E-state index in [0.29, 0.717) is 5.56 Å². The van der Waals surface area contributed by atoms with E-state index in [0.717, 1.165) is 6.07 Å². The van der Waals surface area contributed by atoms with Gasteiger partial charge in [-0.2, -0.15) is 0 Å². The Morgan fingerprint density at radius 1 is 1.15 bits per heavy atom.